The molecule has 0 aromatic heterocycles. The molecule has 2 atom stereocenters. The van der Waals surface area contributed by atoms with Crippen LogP contribution in [-0.2, 0) is 4.79 Å². The van der Waals surface area contributed by atoms with Crippen LogP contribution in [-0.4, -0.2) is 39.2 Å². The van der Waals surface area contributed by atoms with E-state index in [1.54, 1.807) is 0 Å². The van der Waals surface area contributed by atoms with Crippen LogP contribution in [0.25, 0.3) is 0 Å². The Morgan fingerprint density at radius 1 is 1.40 bits per heavy atom. The topological polar surface area (TPSA) is 130 Å². The number of aliphatic hydroxyl groups excluding tert-OH is 1. The zero-order chi connectivity index (χ0) is 15.4. The van der Waals surface area contributed by atoms with Crippen molar-refractivity contribution >= 4 is 17.6 Å². The fraction of sp³-hybridized carbons (Fsp3) is 0.333. The van der Waals surface area contributed by atoms with E-state index in [2.05, 4.69) is 5.32 Å². The molecule has 1 aromatic rings. The number of aliphatic hydroxyl groups is 1. The Morgan fingerprint density at radius 2 is 2.00 bits per heavy atom. The standard InChI is InChI=1S/C12H14N2O6/c1-6-4-3-5-8(10(6)14(19)20)11(16)13-9(7(2)15)12(17)18/h3-5,7,9,15H,1-2H3,(H,13,16)(H,17,18). The number of nitro groups is 1. The van der Waals surface area contributed by atoms with Crippen molar-refractivity contribution in [1.82, 2.24) is 5.32 Å². The van der Waals surface area contributed by atoms with Gasteiger partial charge in [0.25, 0.3) is 11.6 Å². The second-order valence-electron chi connectivity index (χ2n) is 4.26. The van der Waals surface area contributed by atoms with Crippen LogP contribution in [0.4, 0.5) is 5.69 Å². The zero-order valence-corrected chi connectivity index (χ0v) is 10.9. The molecule has 0 fully saturated rings. The average Bonchev–Trinajstić information content (AvgIpc) is 2.33. The molecular formula is C12H14N2O6. The van der Waals surface area contributed by atoms with Gasteiger partial charge in [0.05, 0.1) is 11.0 Å². The van der Waals surface area contributed by atoms with E-state index < -0.39 is 28.9 Å². The van der Waals surface area contributed by atoms with Gasteiger partial charge in [0.15, 0.2) is 6.04 Å². The van der Waals surface area contributed by atoms with Crippen LogP contribution in [0, 0.1) is 17.0 Å². The number of carbonyl (C=O) groups excluding carboxylic acids is 1. The maximum absolute atomic E-state index is 12.0. The highest BCUT2D eigenvalue weighted by Gasteiger charge is 2.29. The third-order valence-electron chi connectivity index (χ3n) is 2.70. The smallest absolute Gasteiger partial charge is 0.328 e. The van der Waals surface area contributed by atoms with Crippen molar-refractivity contribution in [3.63, 3.8) is 0 Å². The van der Waals surface area contributed by atoms with Crippen LogP contribution in [0.2, 0.25) is 0 Å². The maximum atomic E-state index is 12.0. The fourth-order valence-corrected chi connectivity index (χ4v) is 1.69. The van der Waals surface area contributed by atoms with Gasteiger partial charge in [-0.25, -0.2) is 4.79 Å². The van der Waals surface area contributed by atoms with Gasteiger partial charge in [0.2, 0.25) is 0 Å². The van der Waals surface area contributed by atoms with E-state index in [-0.39, 0.29) is 16.8 Å². The molecule has 20 heavy (non-hydrogen) atoms. The number of nitro benzene ring substituents is 1. The first-order chi connectivity index (χ1) is 9.25. The van der Waals surface area contributed by atoms with Gasteiger partial charge in [0.1, 0.15) is 5.56 Å². The Labute approximate surface area is 114 Å². The summed E-state index contributed by atoms with van der Waals surface area (Å²) in [4.78, 5) is 33.1. The molecule has 0 aliphatic carbocycles. The molecule has 1 aromatic carbocycles. The minimum Gasteiger partial charge on any atom is -0.480 e. The van der Waals surface area contributed by atoms with Gasteiger partial charge in [-0.3, -0.25) is 14.9 Å². The fourth-order valence-electron chi connectivity index (χ4n) is 1.69. The number of hydrogen-bond acceptors (Lipinski definition) is 5. The molecular weight excluding hydrogens is 268 g/mol. The average molecular weight is 282 g/mol. The number of para-hydroxylation sites is 1. The molecule has 0 aliphatic heterocycles. The van der Waals surface area contributed by atoms with Crippen molar-refractivity contribution in [2.45, 2.75) is 26.0 Å². The van der Waals surface area contributed by atoms with E-state index in [1.807, 2.05) is 0 Å². The molecule has 0 spiro atoms. The molecule has 0 heterocycles. The minimum atomic E-state index is -1.54. The number of hydrogen-bond donors (Lipinski definition) is 3. The third kappa shape index (κ3) is 3.29. The number of carboxylic acid groups (broad SMARTS) is 1. The summed E-state index contributed by atoms with van der Waals surface area (Å²) in [6, 6.07) is 2.61. The molecule has 3 N–H and O–H groups in total. The summed E-state index contributed by atoms with van der Waals surface area (Å²) in [6.07, 6.45) is -1.33. The van der Waals surface area contributed by atoms with Gasteiger partial charge in [-0.05, 0) is 19.9 Å². The van der Waals surface area contributed by atoms with E-state index >= 15 is 0 Å². The van der Waals surface area contributed by atoms with Gasteiger partial charge in [-0.2, -0.15) is 0 Å². The number of nitrogens with zero attached hydrogens (tertiary/aromatic N) is 1. The lowest BCUT2D eigenvalue weighted by Crippen LogP contribution is -2.47. The second-order valence-corrected chi connectivity index (χ2v) is 4.26. The summed E-state index contributed by atoms with van der Waals surface area (Å²) >= 11 is 0. The lowest BCUT2D eigenvalue weighted by molar-refractivity contribution is -0.385. The van der Waals surface area contributed by atoms with Crippen molar-refractivity contribution in [3.05, 3.63) is 39.4 Å². The summed E-state index contributed by atoms with van der Waals surface area (Å²) in [5.74, 6) is -2.35. The monoisotopic (exact) mass is 282 g/mol. The number of carbonyl (C=O) groups is 2. The Kier molecular flexibility index (Phi) is 4.76. The lowest BCUT2D eigenvalue weighted by Gasteiger charge is -2.17. The van der Waals surface area contributed by atoms with Gasteiger partial charge < -0.3 is 15.5 Å². The van der Waals surface area contributed by atoms with Crippen molar-refractivity contribution in [2.24, 2.45) is 0 Å². The number of rotatable bonds is 5. The first-order valence-corrected chi connectivity index (χ1v) is 5.71. The highest BCUT2D eigenvalue weighted by atomic mass is 16.6. The van der Waals surface area contributed by atoms with Gasteiger partial charge in [-0.1, -0.05) is 12.1 Å². The quantitative estimate of drug-likeness (QED) is 0.531. The Hall–Kier alpha value is -2.48. The number of nitrogens with one attached hydrogen (secondary N) is 1. The van der Waals surface area contributed by atoms with Crippen LogP contribution < -0.4 is 5.32 Å². The molecule has 0 bridgehead atoms. The molecule has 2 unspecified atom stereocenters. The number of amides is 1. The number of aryl methyl sites for hydroxylation is 1. The van der Waals surface area contributed by atoms with Gasteiger partial charge in [0, 0.05) is 5.56 Å². The molecule has 0 aliphatic rings. The van der Waals surface area contributed by atoms with Crippen LogP contribution in [0.5, 0.6) is 0 Å². The van der Waals surface area contributed by atoms with Gasteiger partial charge in [-0.15, -0.1) is 0 Å². The molecule has 0 saturated carbocycles. The first-order valence-electron chi connectivity index (χ1n) is 5.71. The van der Waals surface area contributed by atoms with Crippen LogP contribution >= 0.6 is 0 Å². The summed E-state index contributed by atoms with van der Waals surface area (Å²) in [7, 11) is 0. The van der Waals surface area contributed by atoms with Crippen molar-refractivity contribution in [2.75, 3.05) is 0 Å². The van der Waals surface area contributed by atoms with Crippen molar-refractivity contribution < 1.29 is 24.7 Å². The number of benzene rings is 1. The minimum absolute atomic E-state index is 0.248. The van der Waals surface area contributed by atoms with Crippen LogP contribution in [0.15, 0.2) is 18.2 Å². The van der Waals surface area contributed by atoms with E-state index in [0.29, 0.717) is 0 Å². The normalized spacial score (nSPS) is 13.3. The molecule has 8 heteroatoms. The molecule has 1 amide bonds. The van der Waals surface area contributed by atoms with E-state index in [0.717, 1.165) is 0 Å². The first kappa shape index (κ1) is 15.6. The highest BCUT2D eigenvalue weighted by Crippen LogP contribution is 2.23. The predicted octanol–water partition coefficient (Wildman–Crippen LogP) is 0.467. The second kappa shape index (κ2) is 6.11. The van der Waals surface area contributed by atoms with E-state index in [4.69, 9.17) is 5.11 Å². The molecule has 0 radical (unpaired) electrons. The zero-order valence-electron chi connectivity index (χ0n) is 10.9. The van der Waals surface area contributed by atoms with Crippen molar-refractivity contribution in [3.8, 4) is 0 Å². The third-order valence-corrected chi connectivity index (χ3v) is 2.70. The van der Waals surface area contributed by atoms with E-state index in [1.165, 1.54) is 32.0 Å². The summed E-state index contributed by atoms with van der Waals surface area (Å²) in [5, 5.41) is 31.2. The Balaban J connectivity index is 3.13. The summed E-state index contributed by atoms with van der Waals surface area (Å²) in [5.41, 5.74) is -0.354. The van der Waals surface area contributed by atoms with Crippen molar-refractivity contribution in [1.29, 1.82) is 0 Å². The van der Waals surface area contributed by atoms with Gasteiger partial charge >= 0.3 is 5.97 Å². The lowest BCUT2D eigenvalue weighted by atomic mass is 10.1. The molecule has 0 saturated heterocycles. The Bertz CT molecular complexity index is 555. The molecule has 8 nitrogen and oxygen atoms in total. The SMILES string of the molecule is Cc1cccc(C(=O)NC(C(=O)O)C(C)O)c1[N+](=O)[O-]. The van der Waals surface area contributed by atoms with Crippen LogP contribution in [0.1, 0.15) is 22.8 Å². The van der Waals surface area contributed by atoms with Crippen LogP contribution in [0.3, 0.4) is 0 Å². The summed E-state index contributed by atoms with van der Waals surface area (Å²) < 4.78 is 0. The molecule has 1 rings (SSSR count). The predicted molar refractivity (Wildman–Crippen MR) is 68.4 cm³/mol. The number of carboxylic acids is 1. The Morgan fingerprint density at radius 3 is 2.45 bits per heavy atom. The highest BCUT2D eigenvalue weighted by molar-refractivity contribution is 6.00. The maximum Gasteiger partial charge on any atom is 0.328 e. The summed E-state index contributed by atoms with van der Waals surface area (Å²) in [6.45, 7) is 2.67. The van der Waals surface area contributed by atoms with E-state index in [9.17, 15) is 24.8 Å². The largest absolute Gasteiger partial charge is 0.480 e. The number of aliphatic carboxylic acids is 1. The molecule has 108 valence electrons.